The van der Waals surface area contributed by atoms with Crippen LogP contribution in [0, 0.1) is 5.92 Å². The predicted octanol–water partition coefficient (Wildman–Crippen LogP) is 6.24. The molecule has 0 saturated heterocycles. The standard InChI is InChI=1S/C37H55NO10/c1-2-3-4-7-11-16-28(39)17-12-8-5-6-9-15-20-31(37(47,36(45)46)26-33(40)41)34(42)38-32(35(43)44)25-27-21-23-30(24-22-27)48-29-18-13-10-14-19-29/h15,20-24,29,31-32,47H,2-14,16-19,25-26H2,1H3,(H,38,42)(H,40,41)(H,43,44)(H,45,46)/b20-15+/t31-,32+,37+/m1/s1. The zero-order valence-corrected chi connectivity index (χ0v) is 28.4. The van der Waals surface area contributed by atoms with Gasteiger partial charge in [-0.05, 0) is 69.1 Å². The lowest BCUT2D eigenvalue weighted by atomic mass is 9.82. The Bertz CT molecular complexity index is 1190. The molecule has 48 heavy (non-hydrogen) atoms. The smallest absolute Gasteiger partial charge is 0.337 e. The number of benzene rings is 1. The number of carbonyl (C=O) groups excluding carboxylic acids is 2. The minimum Gasteiger partial charge on any atom is -0.490 e. The third-order valence-corrected chi connectivity index (χ3v) is 8.88. The molecule has 0 aliphatic heterocycles. The SMILES string of the molecule is CCCCCCCC(=O)CCCCCC/C=C/[C@H](C(=O)N[C@@H](Cc1ccc(OC2CCCCC2)cc1)C(=O)O)[C@@](O)(CC(=O)O)C(=O)O. The highest BCUT2D eigenvalue weighted by Crippen LogP contribution is 2.27. The van der Waals surface area contributed by atoms with Crippen molar-refractivity contribution in [2.75, 3.05) is 0 Å². The Morgan fingerprint density at radius 3 is 2.04 bits per heavy atom. The van der Waals surface area contributed by atoms with Crippen LogP contribution >= 0.6 is 0 Å². The predicted molar refractivity (Wildman–Crippen MR) is 181 cm³/mol. The third kappa shape index (κ3) is 15.0. The lowest BCUT2D eigenvalue weighted by molar-refractivity contribution is -0.172. The molecule has 0 aromatic heterocycles. The van der Waals surface area contributed by atoms with Gasteiger partial charge in [-0.2, -0.15) is 0 Å². The Kier molecular flexibility index (Phi) is 18.5. The summed E-state index contributed by atoms with van der Waals surface area (Å²) in [5, 5.41) is 42.2. The fourth-order valence-corrected chi connectivity index (χ4v) is 6.01. The molecule has 3 atom stereocenters. The molecule has 5 N–H and O–H groups in total. The van der Waals surface area contributed by atoms with E-state index in [1.54, 1.807) is 24.3 Å². The molecule has 1 aliphatic rings. The third-order valence-electron chi connectivity index (χ3n) is 8.88. The minimum absolute atomic E-state index is 0.132. The van der Waals surface area contributed by atoms with Gasteiger partial charge in [0.05, 0.1) is 18.4 Å². The van der Waals surface area contributed by atoms with Gasteiger partial charge < -0.3 is 30.5 Å². The monoisotopic (exact) mass is 673 g/mol. The molecule has 0 radical (unpaired) electrons. The lowest BCUT2D eigenvalue weighted by Crippen LogP contribution is -2.55. The Hall–Kier alpha value is -3.73. The molecular formula is C37H55NO10. The second-order valence-electron chi connectivity index (χ2n) is 13.0. The van der Waals surface area contributed by atoms with Gasteiger partial charge in [0.1, 0.15) is 17.6 Å². The van der Waals surface area contributed by atoms with E-state index in [0.29, 0.717) is 37.0 Å². The minimum atomic E-state index is -3.01. The molecule has 0 unspecified atom stereocenters. The van der Waals surface area contributed by atoms with Gasteiger partial charge in [-0.15, -0.1) is 0 Å². The Balaban J connectivity index is 1.97. The zero-order chi connectivity index (χ0) is 35.4. The van der Waals surface area contributed by atoms with Gasteiger partial charge in [-0.1, -0.05) is 76.2 Å². The average Bonchev–Trinajstić information content (AvgIpc) is 3.04. The number of hydrogen-bond acceptors (Lipinski definition) is 7. The summed E-state index contributed by atoms with van der Waals surface area (Å²) in [7, 11) is 0. The number of hydrogen-bond donors (Lipinski definition) is 5. The molecule has 11 nitrogen and oxygen atoms in total. The molecule has 0 bridgehead atoms. The highest BCUT2D eigenvalue weighted by Gasteiger charge is 2.49. The quantitative estimate of drug-likeness (QED) is 0.0587. The second kappa shape index (κ2) is 22.0. The van der Waals surface area contributed by atoms with Gasteiger partial charge in [0.25, 0.3) is 0 Å². The van der Waals surface area contributed by atoms with Gasteiger partial charge in [-0.3, -0.25) is 14.4 Å². The number of Topliss-reactive ketones (excluding diaryl/α,β-unsaturated/α-hetero) is 1. The highest BCUT2D eigenvalue weighted by atomic mass is 16.5. The summed E-state index contributed by atoms with van der Waals surface area (Å²) in [5.74, 6) is -6.97. The topological polar surface area (TPSA) is 188 Å². The van der Waals surface area contributed by atoms with Crippen LogP contribution in [0.2, 0.25) is 0 Å². The fraction of sp³-hybridized carbons (Fsp3) is 0.649. The van der Waals surface area contributed by atoms with Crippen LogP contribution in [0.4, 0.5) is 0 Å². The molecule has 11 heteroatoms. The van der Waals surface area contributed by atoms with E-state index in [9.17, 15) is 44.4 Å². The van der Waals surface area contributed by atoms with E-state index in [0.717, 1.165) is 76.7 Å². The van der Waals surface area contributed by atoms with Gasteiger partial charge in [0, 0.05) is 19.3 Å². The molecular weight excluding hydrogens is 618 g/mol. The van der Waals surface area contributed by atoms with E-state index in [4.69, 9.17) is 4.74 Å². The molecule has 0 spiro atoms. The summed E-state index contributed by atoms with van der Waals surface area (Å²) in [4.78, 5) is 61.1. The maximum Gasteiger partial charge on any atom is 0.337 e. The number of allylic oxidation sites excluding steroid dienone is 1. The number of carboxylic acid groups (broad SMARTS) is 3. The van der Waals surface area contributed by atoms with Crippen molar-refractivity contribution in [2.24, 2.45) is 5.92 Å². The molecule has 1 aliphatic carbocycles. The summed E-state index contributed by atoms with van der Waals surface area (Å²) >= 11 is 0. The number of carboxylic acids is 3. The molecule has 1 amide bonds. The maximum absolute atomic E-state index is 13.4. The highest BCUT2D eigenvalue weighted by molar-refractivity contribution is 5.94. The van der Waals surface area contributed by atoms with Crippen LogP contribution < -0.4 is 10.1 Å². The van der Waals surface area contributed by atoms with Crippen LogP contribution in [0.3, 0.4) is 0 Å². The number of unbranched alkanes of at least 4 members (excludes halogenated alkanes) is 8. The number of aliphatic carboxylic acids is 3. The van der Waals surface area contributed by atoms with Gasteiger partial charge in [-0.25, -0.2) is 9.59 Å². The Morgan fingerprint density at radius 2 is 1.48 bits per heavy atom. The van der Waals surface area contributed by atoms with Crippen molar-refractivity contribution in [3.05, 3.63) is 42.0 Å². The number of ether oxygens (including phenoxy) is 1. The van der Waals surface area contributed by atoms with Crippen LogP contribution in [0.1, 0.15) is 128 Å². The van der Waals surface area contributed by atoms with Gasteiger partial charge in [0.15, 0.2) is 5.60 Å². The van der Waals surface area contributed by atoms with Crippen molar-refractivity contribution in [2.45, 2.75) is 147 Å². The van der Waals surface area contributed by atoms with Crippen molar-refractivity contribution in [3.8, 4) is 5.75 Å². The van der Waals surface area contributed by atoms with Crippen molar-refractivity contribution < 1.29 is 49.1 Å². The normalized spacial score (nSPS) is 16.1. The average molecular weight is 674 g/mol. The van der Waals surface area contributed by atoms with Crippen molar-refractivity contribution in [1.82, 2.24) is 5.32 Å². The zero-order valence-electron chi connectivity index (χ0n) is 28.4. The first-order valence-electron chi connectivity index (χ1n) is 17.6. The van der Waals surface area contributed by atoms with E-state index < -0.39 is 47.8 Å². The van der Waals surface area contributed by atoms with Crippen molar-refractivity contribution in [1.29, 1.82) is 0 Å². The molecule has 1 aromatic rings. The molecule has 1 saturated carbocycles. The van der Waals surface area contributed by atoms with E-state index in [1.807, 2.05) is 0 Å². The number of carbonyl (C=O) groups is 5. The summed E-state index contributed by atoms with van der Waals surface area (Å²) in [6, 6.07) is 5.39. The van der Waals surface area contributed by atoms with Crippen molar-refractivity contribution >= 4 is 29.6 Å². The van der Waals surface area contributed by atoms with Gasteiger partial charge in [0.2, 0.25) is 5.91 Å². The van der Waals surface area contributed by atoms with Crippen molar-refractivity contribution in [3.63, 3.8) is 0 Å². The summed E-state index contributed by atoms with van der Waals surface area (Å²) in [6.07, 6.45) is 16.9. The van der Waals surface area contributed by atoms with Crippen LogP contribution in [0.15, 0.2) is 36.4 Å². The summed E-state index contributed by atoms with van der Waals surface area (Å²) in [5.41, 5.74) is -2.43. The van der Waals surface area contributed by atoms with E-state index in [-0.39, 0.29) is 18.3 Å². The first-order chi connectivity index (χ1) is 23.0. The number of rotatable bonds is 25. The molecule has 1 fully saturated rings. The number of amides is 1. The largest absolute Gasteiger partial charge is 0.490 e. The number of nitrogens with one attached hydrogen (secondary N) is 1. The van der Waals surface area contributed by atoms with Crippen LogP contribution in [0.5, 0.6) is 5.75 Å². The lowest BCUT2D eigenvalue weighted by Gasteiger charge is -2.29. The van der Waals surface area contributed by atoms with Crippen LogP contribution in [0.25, 0.3) is 0 Å². The van der Waals surface area contributed by atoms with E-state index in [2.05, 4.69) is 12.2 Å². The first kappa shape index (κ1) is 40.4. The Morgan fingerprint density at radius 1 is 0.875 bits per heavy atom. The molecule has 0 heterocycles. The summed E-state index contributed by atoms with van der Waals surface area (Å²) < 4.78 is 6.02. The number of aliphatic hydroxyl groups is 1. The molecule has 1 aromatic carbocycles. The molecule has 2 rings (SSSR count). The fourth-order valence-electron chi connectivity index (χ4n) is 6.01. The van der Waals surface area contributed by atoms with Gasteiger partial charge >= 0.3 is 17.9 Å². The van der Waals surface area contributed by atoms with E-state index >= 15 is 0 Å². The summed E-state index contributed by atoms with van der Waals surface area (Å²) in [6.45, 7) is 2.15. The van der Waals surface area contributed by atoms with Crippen LogP contribution in [-0.2, 0) is 30.4 Å². The maximum atomic E-state index is 13.4. The van der Waals surface area contributed by atoms with E-state index in [1.165, 1.54) is 18.9 Å². The second-order valence-corrected chi connectivity index (χ2v) is 13.0. The number of ketones is 1. The molecule has 268 valence electrons. The first-order valence-corrected chi connectivity index (χ1v) is 17.6. The van der Waals surface area contributed by atoms with Crippen LogP contribution in [-0.4, -0.2) is 67.8 Å². The Labute approximate surface area is 284 Å².